The van der Waals surface area contributed by atoms with Crippen molar-refractivity contribution in [1.29, 1.82) is 0 Å². The zero-order valence-electron chi connectivity index (χ0n) is 11.2. The largest absolute Gasteiger partial charge is 0.456 e. The first-order valence-corrected chi connectivity index (χ1v) is 6.85. The normalized spacial score (nSPS) is 20.2. The van der Waals surface area contributed by atoms with Crippen LogP contribution in [0.1, 0.15) is 43.0 Å². The number of carbonyl (C=O) groups is 1. The predicted molar refractivity (Wildman–Crippen MR) is 70.7 cm³/mol. The van der Waals surface area contributed by atoms with E-state index in [1.807, 2.05) is 13.0 Å². The van der Waals surface area contributed by atoms with E-state index in [9.17, 15) is 4.79 Å². The molecule has 0 radical (unpaired) electrons. The van der Waals surface area contributed by atoms with Gasteiger partial charge in [0.2, 0.25) is 0 Å². The molecule has 1 aromatic heterocycles. The fourth-order valence-electron chi connectivity index (χ4n) is 2.53. The average Bonchev–Trinajstić information content (AvgIpc) is 3.04. The van der Waals surface area contributed by atoms with Crippen LogP contribution in [0.4, 0.5) is 0 Å². The second-order valence-corrected chi connectivity index (χ2v) is 4.75. The van der Waals surface area contributed by atoms with Crippen molar-refractivity contribution >= 4 is 5.91 Å². The molecule has 0 saturated carbocycles. The molecule has 0 unspecified atom stereocenters. The summed E-state index contributed by atoms with van der Waals surface area (Å²) in [6.07, 6.45) is 3.22. The summed E-state index contributed by atoms with van der Waals surface area (Å²) < 4.78 is 5.44. The van der Waals surface area contributed by atoms with Crippen LogP contribution in [0.5, 0.6) is 0 Å². The molecule has 4 heteroatoms. The van der Waals surface area contributed by atoms with Gasteiger partial charge < -0.3 is 9.73 Å². The first-order valence-electron chi connectivity index (χ1n) is 6.85. The Labute approximate surface area is 108 Å². The second-order valence-electron chi connectivity index (χ2n) is 4.75. The third kappa shape index (κ3) is 2.93. The molecule has 0 spiro atoms. The summed E-state index contributed by atoms with van der Waals surface area (Å²) in [5.74, 6) is 1.18. The number of amides is 1. The summed E-state index contributed by atoms with van der Waals surface area (Å²) in [6, 6.07) is 4.10. The molecular weight excluding hydrogens is 228 g/mol. The van der Waals surface area contributed by atoms with Crippen LogP contribution < -0.4 is 5.32 Å². The van der Waals surface area contributed by atoms with Crippen LogP contribution in [0, 0.1) is 0 Å². The van der Waals surface area contributed by atoms with E-state index >= 15 is 0 Å². The molecule has 18 heavy (non-hydrogen) atoms. The molecule has 2 rings (SSSR count). The van der Waals surface area contributed by atoms with Crippen molar-refractivity contribution < 1.29 is 9.21 Å². The van der Waals surface area contributed by atoms with Crippen molar-refractivity contribution in [3.8, 4) is 0 Å². The molecule has 1 aromatic rings. The SMILES string of the molecule is CCc1ccc(C(=O)NC[C@@H]2CCCN2CC)o1. The number of aryl methyl sites for hydroxylation is 1. The molecule has 0 aromatic carbocycles. The van der Waals surface area contributed by atoms with Crippen molar-refractivity contribution in [3.05, 3.63) is 23.7 Å². The molecule has 1 saturated heterocycles. The first kappa shape index (κ1) is 13.1. The van der Waals surface area contributed by atoms with Crippen LogP contribution in [0.25, 0.3) is 0 Å². The maximum atomic E-state index is 11.9. The lowest BCUT2D eigenvalue weighted by Crippen LogP contribution is -2.39. The molecule has 1 aliphatic heterocycles. The van der Waals surface area contributed by atoms with E-state index in [0.717, 1.165) is 31.8 Å². The highest BCUT2D eigenvalue weighted by molar-refractivity contribution is 5.91. The fourth-order valence-corrected chi connectivity index (χ4v) is 2.53. The van der Waals surface area contributed by atoms with Crippen molar-refractivity contribution in [2.45, 2.75) is 39.2 Å². The van der Waals surface area contributed by atoms with Gasteiger partial charge in [-0.15, -0.1) is 0 Å². The zero-order valence-corrected chi connectivity index (χ0v) is 11.2. The summed E-state index contributed by atoms with van der Waals surface area (Å²) in [5.41, 5.74) is 0. The minimum atomic E-state index is -0.0994. The summed E-state index contributed by atoms with van der Waals surface area (Å²) >= 11 is 0. The lowest BCUT2D eigenvalue weighted by atomic mass is 10.2. The van der Waals surface area contributed by atoms with Crippen LogP contribution >= 0.6 is 0 Å². The minimum Gasteiger partial charge on any atom is -0.456 e. The Morgan fingerprint density at radius 1 is 1.50 bits per heavy atom. The molecule has 1 amide bonds. The van der Waals surface area contributed by atoms with E-state index in [2.05, 4.69) is 17.1 Å². The van der Waals surface area contributed by atoms with Crippen molar-refractivity contribution in [2.24, 2.45) is 0 Å². The predicted octanol–water partition coefficient (Wildman–Crippen LogP) is 2.06. The summed E-state index contributed by atoms with van der Waals surface area (Å²) in [4.78, 5) is 14.3. The summed E-state index contributed by atoms with van der Waals surface area (Å²) in [5, 5.41) is 2.97. The van der Waals surface area contributed by atoms with Gasteiger partial charge in [-0.3, -0.25) is 9.69 Å². The standard InChI is InChI=1S/C14H22N2O2/c1-3-12-7-8-13(18-12)14(17)15-10-11-6-5-9-16(11)4-2/h7-8,11H,3-6,9-10H2,1-2H3,(H,15,17)/t11-/m0/s1. The first-order chi connectivity index (χ1) is 8.74. The molecule has 4 nitrogen and oxygen atoms in total. The van der Waals surface area contributed by atoms with Crippen LogP contribution in [-0.2, 0) is 6.42 Å². The molecule has 1 fully saturated rings. The quantitative estimate of drug-likeness (QED) is 0.870. The van der Waals surface area contributed by atoms with Gasteiger partial charge in [-0.1, -0.05) is 13.8 Å². The second kappa shape index (κ2) is 6.05. The highest BCUT2D eigenvalue weighted by Gasteiger charge is 2.23. The van der Waals surface area contributed by atoms with Crippen LogP contribution in [0.15, 0.2) is 16.5 Å². The number of nitrogens with zero attached hydrogens (tertiary/aromatic N) is 1. The van der Waals surface area contributed by atoms with E-state index < -0.39 is 0 Å². The van der Waals surface area contributed by atoms with E-state index in [1.54, 1.807) is 6.07 Å². The maximum Gasteiger partial charge on any atom is 0.287 e. The Morgan fingerprint density at radius 2 is 2.33 bits per heavy atom. The van der Waals surface area contributed by atoms with Crippen LogP contribution in [0.3, 0.4) is 0 Å². The Kier molecular flexibility index (Phi) is 4.42. The molecule has 1 aliphatic rings. The van der Waals surface area contributed by atoms with Gasteiger partial charge in [0.05, 0.1) is 0 Å². The van der Waals surface area contributed by atoms with Gasteiger partial charge in [0.1, 0.15) is 5.76 Å². The number of likely N-dealkylation sites (tertiary alicyclic amines) is 1. The number of likely N-dealkylation sites (N-methyl/N-ethyl adjacent to an activating group) is 1. The Bertz CT molecular complexity index is 400. The number of carbonyl (C=O) groups excluding carboxylic acids is 1. The topological polar surface area (TPSA) is 45.5 Å². The maximum absolute atomic E-state index is 11.9. The van der Waals surface area contributed by atoms with Gasteiger partial charge in [-0.05, 0) is 38.1 Å². The molecule has 0 aliphatic carbocycles. The Morgan fingerprint density at radius 3 is 3.00 bits per heavy atom. The average molecular weight is 250 g/mol. The van der Waals surface area contributed by atoms with Gasteiger partial charge in [-0.2, -0.15) is 0 Å². The third-order valence-corrected chi connectivity index (χ3v) is 3.64. The summed E-state index contributed by atoms with van der Waals surface area (Å²) in [6.45, 7) is 7.10. The van der Waals surface area contributed by atoms with Gasteiger partial charge in [0, 0.05) is 19.0 Å². The summed E-state index contributed by atoms with van der Waals surface area (Å²) in [7, 11) is 0. The monoisotopic (exact) mass is 250 g/mol. The van der Waals surface area contributed by atoms with Gasteiger partial charge in [0.25, 0.3) is 5.91 Å². The number of hydrogen-bond donors (Lipinski definition) is 1. The van der Waals surface area contributed by atoms with E-state index in [1.165, 1.54) is 12.8 Å². The number of rotatable bonds is 5. The van der Waals surface area contributed by atoms with Crippen molar-refractivity contribution in [1.82, 2.24) is 10.2 Å². The van der Waals surface area contributed by atoms with E-state index in [4.69, 9.17) is 4.42 Å². The highest BCUT2D eigenvalue weighted by Crippen LogP contribution is 2.16. The van der Waals surface area contributed by atoms with Gasteiger partial charge >= 0.3 is 0 Å². The molecular formula is C14H22N2O2. The lowest BCUT2D eigenvalue weighted by Gasteiger charge is -2.22. The van der Waals surface area contributed by atoms with Gasteiger partial charge in [0.15, 0.2) is 5.76 Å². The molecule has 2 heterocycles. The highest BCUT2D eigenvalue weighted by atomic mass is 16.3. The number of furan rings is 1. The Hall–Kier alpha value is -1.29. The minimum absolute atomic E-state index is 0.0994. The smallest absolute Gasteiger partial charge is 0.287 e. The molecule has 0 bridgehead atoms. The fraction of sp³-hybridized carbons (Fsp3) is 0.643. The molecule has 100 valence electrons. The lowest BCUT2D eigenvalue weighted by molar-refractivity contribution is 0.0912. The van der Waals surface area contributed by atoms with E-state index in [-0.39, 0.29) is 5.91 Å². The van der Waals surface area contributed by atoms with Crippen molar-refractivity contribution in [2.75, 3.05) is 19.6 Å². The van der Waals surface area contributed by atoms with E-state index in [0.29, 0.717) is 11.8 Å². The molecule has 1 N–H and O–H groups in total. The molecule has 1 atom stereocenters. The third-order valence-electron chi connectivity index (χ3n) is 3.64. The number of nitrogens with one attached hydrogen (secondary N) is 1. The van der Waals surface area contributed by atoms with Crippen LogP contribution in [0.2, 0.25) is 0 Å². The van der Waals surface area contributed by atoms with Crippen LogP contribution in [-0.4, -0.2) is 36.5 Å². The zero-order chi connectivity index (χ0) is 13.0. The number of hydrogen-bond acceptors (Lipinski definition) is 3. The van der Waals surface area contributed by atoms with Crippen molar-refractivity contribution in [3.63, 3.8) is 0 Å². The van der Waals surface area contributed by atoms with Gasteiger partial charge in [-0.25, -0.2) is 0 Å². The Balaban J connectivity index is 1.84.